The second kappa shape index (κ2) is 5.83. The Bertz CT molecular complexity index is 558. The number of H-pyrrole nitrogens is 1. The number of sulfonamides is 1. The van der Waals surface area contributed by atoms with E-state index in [-0.39, 0.29) is 5.91 Å². The number of tetrazole rings is 1. The predicted octanol–water partition coefficient (Wildman–Crippen LogP) is -0.809. The van der Waals surface area contributed by atoms with Gasteiger partial charge in [0.15, 0.2) is 5.82 Å². The first-order valence-corrected chi connectivity index (χ1v) is 8.25. The van der Waals surface area contributed by atoms with E-state index in [1.807, 2.05) is 0 Å². The Hall–Kier alpha value is -1.55. The molecule has 2 heterocycles. The van der Waals surface area contributed by atoms with Crippen LogP contribution in [0.15, 0.2) is 0 Å². The van der Waals surface area contributed by atoms with Crippen molar-refractivity contribution >= 4 is 15.9 Å². The molecular weight excluding hydrogens is 284 g/mol. The topological polar surface area (TPSA) is 121 Å². The summed E-state index contributed by atoms with van der Waals surface area (Å²) < 4.78 is 24.7. The fourth-order valence-electron chi connectivity index (χ4n) is 2.29. The van der Waals surface area contributed by atoms with Gasteiger partial charge < -0.3 is 5.32 Å². The second-order valence-electron chi connectivity index (χ2n) is 4.89. The van der Waals surface area contributed by atoms with Crippen molar-refractivity contribution in [3.8, 4) is 0 Å². The molecule has 1 saturated heterocycles. The van der Waals surface area contributed by atoms with Gasteiger partial charge in [0, 0.05) is 6.54 Å². The lowest BCUT2D eigenvalue weighted by Gasteiger charge is -2.33. The number of rotatable bonds is 4. The Balaban J connectivity index is 2.07. The molecule has 1 fully saturated rings. The molecule has 2 rings (SSSR count). The maximum Gasteiger partial charge on any atom is 0.239 e. The van der Waals surface area contributed by atoms with Crippen molar-refractivity contribution in [1.29, 1.82) is 0 Å². The van der Waals surface area contributed by atoms with Crippen LogP contribution in [-0.2, 0) is 14.8 Å². The van der Waals surface area contributed by atoms with Crippen molar-refractivity contribution in [3.05, 3.63) is 5.82 Å². The van der Waals surface area contributed by atoms with Crippen LogP contribution in [-0.4, -0.2) is 58.1 Å². The minimum absolute atomic E-state index is 0.326. The van der Waals surface area contributed by atoms with E-state index in [4.69, 9.17) is 0 Å². The molecule has 0 saturated carbocycles. The molecule has 0 aliphatic carbocycles. The van der Waals surface area contributed by atoms with Gasteiger partial charge in [-0.1, -0.05) is 11.6 Å². The lowest BCUT2D eigenvalue weighted by Crippen LogP contribution is -2.51. The summed E-state index contributed by atoms with van der Waals surface area (Å²) in [5.41, 5.74) is 0. The number of nitrogens with one attached hydrogen (secondary N) is 2. The summed E-state index contributed by atoms with van der Waals surface area (Å²) in [6.07, 6.45) is 3.26. The van der Waals surface area contributed by atoms with Crippen LogP contribution < -0.4 is 5.32 Å². The molecule has 0 aromatic carbocycles. The van der Waals surface area contributed by atoms with Crippen LogP contribution in [0.2, 0.25) is 0 Å². The van der Waals surface area contributed by atoms with Crippen molar-refractivity contribution in [2.45, 2.75) is 38.3 Å². The fourth-order valence-corrected chi connectivity index (χ4v) is 3.42. The number of amides is 1. The molecule has 10 heteroatoms. The zero-order valence-corrected chi connectivity index (χ0v) is 12.2. The molecule has 2 unspecified atom stereocenters. The molecule has 9 nitrogen and oxygen atoms in total. The van der Waals surface area contributed by atoms with Gasteiger partial charge in [-0.3, -0.25) is 4.79 Å². The van der Waals surface area contributed by atoms with Crippen LogP contribution in [0.3, 0.4) is 0 Å². The van der Waals surface area contributed by atoms with Gasteiger partial charge in [-0.2, -0.15) is 9.52 Å². The SMILES string of the molecule is CC(NC(=O)C1CCCCN1S(C)(=O)=O)c1nn[nH]n1. The van der Waals surface area contributed by atoms with Gasteiger partial charge in [-0.05, 0) is 19.8 Å². The molecular formula is C10H18N6O3S. The van der Waals surface area contributed by atoms with Gasteiger partial charge in [0.1, 0.15) is 6.04 Å². The maximum absolute atomic E-state index is 12.3. The van der Waals surface area contributed by atoms with Crippen molar-refractivity contribution in [2.75, 3.05) is 12.8 Å². The Morgan fingerprint density at radius 3 is 2.85 bits per heavy atom. The first-order chi connectivity index (χ1) is 9.39. The third kappa shape index (κ3) is 3.31. The molecule has 0 radical (unpaired) electrons. The molecule has 1 amide bonds. The van der Waals surface area contributed by atoms with E-state index in [1.165, 1.54) is 4.31 Å². The zero-order chi connectivity index (χ0) is 14.8. The highest BCUT2D eigenvalue weighted by atomic mass is 32.2. The fraction of sp³-hybridized carbons (Fsp3) is 0.800. The molecule has 112 valence electrons. The van der Waals surface area contributed by atoms with Crippen molar-refractivity contribution in [3.63, 3.8) is 0 Å². The van der Waals surface area contributed by atoms with Crippen molar-refractivity contribution < 1.29 is 13.2 Å². The Kier molecular flexibility index (Phi) is 4.33. The van der Waals surface area contributed by atoms with Gasteiger partial charge >= 0.3 is 0 Å². The lowest BCUT2D eigenvalue weighted by molar-refractivity contribution is -0.126. The predicted molar refractivity (Wildman–Crippen MR) is 69.9 cm³/mol. The summed E-state index contributed by atoms with van der Waals surface area (Å²) in [5.74, 6) is 0.0347. The van der Waals surface area contributed by atoms with E-state index in [2.05, 4.69) is 25.9 Å². The molecule has 0 spiro atoms. The van der Waals surface area contributed by atoms with Gasteiger partial charge in [0.25, 0.3) is 0 Å². The largest absolute Gasteiger partial charge is 0.345 e. The zero-order valence-electron chi connectivity index (χ0n) is 11.4. The van der Waals surface area contributed by atoms with E-state index in [9.17, 15) is 13.2 Å². The van der Waals surface area contributed by atoms with Crippen LogP contribution in [0.5, 0.6) is 0 Å². The number of aromatic nitrogens is 4. The van der Waals surface area contributed by atoms with Crippen LogP contribution in [0.4, 0.5) is 0 Å². The normalized spacial score (nSPS) is 22.4. The molecule has 0 bridgehead atoms. The number of hydrogen-bond donors (Lipinski definition) is 2. The number of nitrogens with zero attached hydrogens (tertiary/aromatic N) is 4. The minimum Gasteiger partial charge on any atom is -0.345 e. The molecule has 2 atom stereocenters. The summed E-state index contributed by atoms with van der Waals surface area (Å²) in [5, 5.41) is 16.0. The smallest absolute Gasteiger partial charge is 0.239 e. The molecule has 1 aromatic rings. The first kappa shape index (κ1) is 14.9. The number of piperidine rings is 1. The van der Waals surface area contributed by atoms with Gasteiger partial charge in [-0.25, -0.2) is 8.42 Å². The van der Waals surface area contributed by atoms with Crippen LogP contribution in [0.25, 0.3) is 0 Å². The molecule has 1 aromatic heterocycles. The number of carbonyl (C=O) groups is 1. The van der Waals surface area contributed by atoms with Gasteiger partial charge in [-0.15, -0.1) is 10.2 Å². The second-order valence-corrected chi connectivity index (χ2v) is 6.82. The highest BCUT2D eigenvalue weighted by Crippen LogP contribution is 2.20. The number of carbonyl (C=O) groups excluding carboxylic acids is 1. The number of aromatic amines is 1. The van der Waals surface area contributed by atoms with E-state index >= 15 is 0 Å². The Morgan fingerprint density at radius 2 is 2.25 bits per heavy atom. The highest BCUT2D eigenvalue weighted by Gasteiger charge is 2.35. The van der Waals surface area contributed by atoms with E-state index in [0.29, 0.717) is 18.8 Å². The third-order valence-corrected chi connectivity index (χ3v) is 4.58. The summed E-state index contributed by atoms with van der Waals surface area (Å²) in [6, 6.07) is -1.09. The quantitative estimate of drug-likeness (QED) is 0.750. The minimum atomic E-state index is -3.39. The summed E-state index contributed by atoms with van der Waals surface area (Å²) in [4.78, 5) is 12.3. The van der Waals surface area contributed by atoms with Gasteiger partial charge in [0.05, 0.1) is 12.3 Å². The Morgan fingerprint density at radius 1 is 1.50 bits per heavy atom. The standard InChI is InChI=1S/C10H18N6O3S/c1-7(9-12-14-15-13-9)11-10(17)8-5-3-4-6-16(8)20(2,18)19/h7-8H,3-6H2,1-2H3,(H,11,17)(H,12,13,14,15). The average Bonchev–Trinajstić information content (AvgIpc) is 2.91. The molecule has 2 N–H and O–H groups in total. The first-order valence-electron chi connectivity index (χ1n) is 6.40. The summed E-state index contributed by atoms with van der Waals surface area (Å²) >= 11 is 0. The van der Waals surface area contributed by atoms with Crippen LogP contribution >= 0.6 is 0 Å². The van der Waals surface area contributed by atoms with Crippen LogP contribution in [0, 0.1) is 0 Å². The Labute approximate surface area is 117 Å². The number of hydrogen-bond acceptors (Lipinski definition) is 6. The molecule has 1 aliphatic heterocycles. The van der Waals surface area contributed by atoms with E-state index < -0.39 is 22.1 Å². The third-order valence-electron chi connectivity index (χ3n) is 3.29. The van der Waals surface area contributed by atoms with Gasteiger partial charge in [0.2, 0.25) is 15.9 Å². The summed E-state index contributed by atoms with van der Waals surface area (Å²) in [7, 11) is -3.39. The van der Waals surface area contributed by atoms with E-state index in [1.54, 1.807) is 6.92 Å². The summed E-state index contributed by atoms with van der Waals surface area (Å²) in [6.45, 7) is 2.10. The molecule has 1 aliphatic rings. The lowest BCUT2D eigenvalue weighted by atomic mass is 10.0. The van der Waals surface area contributed by atoms with Crippen molar-refractivity contribution in [1.82, 2.24) is 30.2 Å². The van der Waals surface area contributed by atoms with Crippen molar-refractivity contribution in [2.24, 2.45) is 0 Å². The molecule has 20 heavy (non-hydrogen) atoms. The van der Waals surface area contributed by atoms with Crippen LogP contribution in [0.1, 0.15) is 38.1 Å². The monoisotopic (exact) mass is 302 g/mol. The average molecular weight is 302 g/mol. The maximum atomic E-state index is 12.3. The van der Waals surface area contributed by atoms with E-state index in [0.717, 1.165) is 19.1 Å². The highest BCUT2D eigenvalue weighted by molar-refractivity contribution is 7.88.